The standard InChI is InChI=1S/C20H27N5O/c1-16-22-18(15-19(23-16)25-12-5-3-4-6-13-25)20(26)24(2)14-9-17-7-10-21-11-8-17/h7-8,10-11,15H,3-6,9,12-14H2,1-2H3. The molecule has 1 fully saturated rings. The Labute approximate surface area is 155 Å². The molecule has 3 heterocycles. The van der Waals surface area contributed by atoms with Crippen LogP contribution in [0.5, 0.6) is 0 Å². The molecular weight excluding hydrogens is 326 g/mol. The minimum Gasteiger partial charge on any atom is -0.356 e. The number of pyridine rings is 1. The molecule has 2 aromatic heterocycles. The third kappa shape index (κ3) is 4.77. The first-order valence-corrected chi connectivity index (χ1v) is 9.38. The number of carbonyl (C=O) groups excluding carboxylic acids is 1. The minimum atomic E-state index is -0.0550. The smallest absolute Gasteiger partial charge is 0.272 e. The maximum atomic E-state index is 12.8. The van der Waals surface area contributed by atoms with Crippen molar-refractivity contribution >= 4 is 11.7 Å². The largest absolute Gasteiger partial charge is 0.356 e. The quantitative estimate of drug-likeness (QED) is 0.827. The molecule has 0 spiro atoms. The van der Waals surface area contributed by atoms with Gasteiger partial charge in [0.2, 0.25) is 0 Å². The Morgan fingerprint density at radius 2 is 1.81 bits per heavy atom. The molecule has 2 aromatic rings. The second kappa shape index (κ2) is 8.74. The predicted octanol–water partition coefficient (Wildman–Crippen LogP) is 2.88. The lowest BCUT2D eigenvalue weighted by molar-refractivity contribution is 0.0790. The van der Waals surface area contributed by atoms with E-state index in [1.807, 2.05) is 32.2 Å². The van der Waals surface area contributed by atoms with E-state index in [0.717, 1.165) is 25.3 Å². The van der Waals surface area contributed by atoms with Crippen molar-refractivity contribution in [2.24, 2.45) is 0 Å². The van der Waals surface area contributed by atoms with Gasteiger partial charge in [0, 0.05) is 45.1 Å². The van der Waals surface area contributed by atoms with Crippen LogP contribution in [0, 0.1) is 6.92 Å². The Bertz CT molecular complexity index is 726. The summed E-state index contributed by atoms with van der Waals surface area (Å²) in [5, 5.41) is 0. The van der Waals surface area contributed by atoms with Gasteiger partial charge in [-0.05, 0) is 43.9 Å². The number of nitrogens with zero attached hydrogens (tertiary/aromatic N) is 5. The van der Waals surface area contributed by atoms with Gasteiger partial charge in [0.15, 0.2) is 0 Å². The van der Waals surface area contributed by atoms with Crippen LogP contribution in [-0.2, 0) is 6.42 Å². The molecule has 0 aromatic carbocycles. The Balaban J connectivity index is 1.69. The number of rotatable bonds is 5. The fourth-order valence-corrected chi connectivity index (χ4v) is 3.27. The van der Waals surface area contributed by atoms with Crippen LogP contribution < -0.4 is 4.90 Å². The van der Waals surface area contributed by atoms with E-state index in [9.17, 15) is 4.79 Å². The molecule has 0 saturated carbocycles. The molecule has 0 atom stereocenters. The van der Waals surface area contributed by atoms with Gasteiger partial charge in [-0.25, -0.2) is 9.97 Å². The number of anilines is 1. The molecule has 0 N–H and O–H groups in total. The summed E-state index contributed by atoms with van der Waals surface area (Å²) in [7, 11) is 1.83. The van der Waals surface area contributed by atoms with E-state index < -0.39 is 0 Å². The van der Waals surface area contributed by atoms with Crippen molar-refractivity contribution in [3.8, 4) is 0 Å². The molecule has 1 saturated heterocycles. The molecule has 3 rings (SSSR count). The van der Waals surface area contributed by atoms with Crippen LogP contribution in [0.1, 0.15) is 47.6 Å². The van der Waals surface area contributed by atoms with Crippen LogP contribution in [0.15, 0.2) is 30.6 Å². The maximum absolute atomic E-state index is 12.8. The Morgan fingerprint density at radius 1 is 1.12 bits per heavy atom. The van der Waals surface area contributed by atoms with Gasteiger partial charge in [-0.3, -0.25) is 9.78 Å². The second-order valence-corrected chi connectivity index (χ2v) is 6.89. The van der Waals surface area contributed by atoms with E-state index in [1.165, 1.54) is 31.2 Å². The van der Waals surface area contributed by atoms with Gasteiger partial charge in [-0.15, -0.1) is 0 Å². The first-order valence-electron chi connectivity index (χ1n) is 9.38. The van der Waals surface area contributed by atoms with Crippen molar-refractivity contribution in [2.75, 3.05) is 31.6 Å². The van der Waals surface area contributed by atoms with Crippen molar-refractivity contribution < 1.29 is 4.79 Å². The number of carbonyl (C=O) groups is 1. The number of likely N-dealkylation sites (N-methyl/N-ethyl adjacent to an activating group) is 1. The van der Waals surface area contributed by atoms with Crippen LogP contribution in [0.2, 0.25) is 0 Å². The van der Waals surface area contributed by atoms with E-state index in [1.54, 1.807) is 17.3 Å². The lowest BCUT2D eigenvalue weighted by atomic mass is 10.2. The summed E-state index contributed by atoms with van der Waals surface area (Å²) in [6.07, 6.45) is 9.25. The van der Waals surface area contributed by atoms with E-state index in [-0.39, 0.29) is 5.91 Å². The van der Waals surface area contributed by atoms with Gasteiger partial charge < -0.3 is 9.80 Å². The third-order valence-electron chi connectivity index (χ3n) is 4.81. The molecule has 1 aliphatic heterocycles. The first kappa shape index (κ1) is 18.3. The summed E-state index contributed by atoms with van der Waals surface area (Å²) >= 11 is 0. The van der Waals surface area contributed by atoms with E-state index in [2.05, 4.69) is 19.9 Å². The average molecular weight is 353 g/mol. The maximum Gasteiger partial charge on any atom is 0.272 e. The average Bonchev–Trinajstić information content (AvgIpc) is 2.95. The summed E-state index contributed by atoms with van der Waals surface area (Å²) in [6.45, 7) is 4.50. The third-order valence-corrected chi connectivity index (χ3v) is 4.81. The summed E-state index contributed by atoms with van der Waals surface area (Å²) in [5.74, 6) is 1.48. The molecule has 0 bridgehead atoms. The normalized spacial score (nSPS) is 14.8. The summed E-state index contributed by atoms with van der Waals surface area (Å²) in [5.41, 5.74) is 1.65. The zero-order valence-electron chi connectivity index (χ0n) is 15.7. The molecule has 1 aliphatic rings. The van der Waals surface area contributed by atoms with Gasteiger partial charge in [-0.1, -0.05) is 12.8 Å². The molecule has 6 heteroatoms. The van der Waals surface area contributed by atoms with Gasteiger partial charge >= 0.3 is 0 Å². The number of aryl methyl sites for hydroxylation is 1. The Morgan fingerprint density at radius 3 is 2.50 bits per heavy atom. The fraction of sp³-hybridized carbons (Fsp3) is 0.500. The van der Waals surface area contributed by atoms with E-state index in [4.69, 9.17) is 0 Å². The molecule has 6 nitrogen and oxygen atoms in total. The van der Waals surface area contributed by atoms with Crippen molar-refractivity contribution in [3.63, 3.8) is 0 Å². The Kier molecular flexibility index (Phi) is 6.15. The molecule has 1 amide bonds. The molecule has 0 unspecified atom stereocenters. The summed E-state index contributed by atoms with van der Waals surface area (Å²) in [6, 6.07) is 5.80. The summed E-state index contributed by atoms with van der Waals surface area (Å²) < 4.78 is 0. The van der Waals surface area contributed by atoms with Crippen LogP contribution in [-0.4, -0.2) is 52.4 Å². The number of hydrogen-bond acceptors (Lipinski definition) is 5. The highest BCUT2D eigenvalue weighted by Crippen LogP contribution is 2.19. The van der Waals surface area contributed by atoms with Crippen LogP contribution in [0.3, 0.4) is 0 Å². The van der Waals surface area contributed by atoms with E-state index in [0.29, 0.717) is 18.1 Å². The molecule has 138 valence electrons. The van der Waals surface area contributed by atoms with Crippen LogP contribution >= 0.6 is 0 Å². The van der Waals surface area contributed by atoms with Crippen molar-refractivity contribution in [2.45, 2.75) is 39.0 Å². The highest BCUT2D eigenvalue weighted by molar-refractivity contribution is 5.92. The van der Waals surface area contributed by atoms with E-state index >= 15 is 0 Å². The van der Waals surface area contributed by atoms with Gasteiger partial charge in [0.05, 0.1) is 0 Å². The monoisotopic (exact) mass is 353 g/mol. The minimum absolute atomic E-state index is 0.0550. The van der Waals surface area contributed by atoms with Crippen molar-refractivity contribution in [1.82, 2.24) is 19.9 Å². The zero-order chi connectivity index (χ0) is 18.4. The molecule has 0 radical (unpaired) electrons. The van der Waals surface area contributed by atoms with Crippen molar-refractivity contribution in [3.05, 3.63) is 47.7 Å². The Hall–Kier alpha value is -2.50. The van der Waals surface area contributed by atoms with Gasteiger partial charge in [0.25, 0.3) is 5.91 Å². The van der Waals surface area contributed by atoms with Gasteiger partial charge in [0.1, 0.15) is 17.3 Å². The molecular formula is C20H27N5O. The van der Waals surface area contributed by atoms with Gasteiger partial charge in [-0.2, -0.15) is 0 Å². The number of amides is 1. The fourth-order valence-electron chi connectivity index (χ4n) is 3.27. The first-order chi connectivity index (χ1) is 12.6. The summed E-state index contributed by atoms with van der Waals surface area (Å²) in [4.78, 5) is 29.8. The molecule has 0 aliphatic carbocycles. The highest BCUT2D eigenvalue weighted by atomic mass is 16.2. The lowest BCUT2D eigenvalue weighted by Gasteiger charge is -2.23. The predicted molar refractivity (Wildman–Crippen MR) is 102 cm³/mol. The second-order valence-electron chi connectivity index (χ2n) is 6.89. The highest BCUT2D eigenvalue weighted by Gasteiger charge is 2.18. The number of hydrogen-bond donors (Lipinski definition) is 0. The van der Waals surface area contributed by atoms with Crippen molar-refractivity contribution in [1.29, 1.82) is 0 Å². The number of aromatic nitrogens is 3. The van der Waals surface area contributed by atoms with Crippen LogP contribution in [0.4, 0.5) is 5.82 Å². The topological polar surface area (TPSA) is 62.2 Å². The lowest BCUT2D eigenvalue weighted by Crippen LogP contribution is -2.31. The molecule has 26 heavy (non-hydrogen) atoms. The van der Waals surface area contributed by atoms with Crippen LogP contribution in [0.25, 0.3) is 0 Å². The SMILES string of the molecule is Cc1nc(C(=O)N(C)CCc2ccncc2)cc(N2CCCCCC2)n1. The zero-order valence-corrected chi connectivity index (χ0v) is 15.7.